The molecule has 1 fully saturated rings. The number of anilines is 1. The molecule has 2 heterocycles. The molecule has 1 aliphatic rings. The van der Waals surface area contributed by atoms with Crippen LogP contribution in [0, 0.1) is 10.1 Å². The van der Waals surface area contributed by atoms with Gasteiger partial charge in [0.15, 0.2) is 11.5 Å². The van der Waals surface area contributed by atoms with Crippen LogP contribution in [0.15, 0.2) is 17.3 Å². The number of amidine groups is 1. The number of likely N-dealkylation sites (N-methyl/N-ethyl adjacent to an activating group) is 1. The van der Waals surface area contributed by atoms with Crippen molar-refractivity contribution in [3.05, 3.63) is 27.9 Å². The first kappa shape index (κ1) is 14.0. The third-order valence-corrected chi connectivity index (χ3v) is 3.22. The van der Waals surface area contributed by atoms with Gasteiger partial charge >= 0.3 is 0 Å². The second-order valence-corrected chi connectivity index (χ2v) is 4.41. The Morgan fingerprint density at radius 2 is 2.45 bits per heavy atom. The van der Waals surface area contributed by atoms with Crippen molar-refractivity contribution >= 4 is 17.3 Å². The van der Waals surface area contributed by atoms with Crippen molar-refractivity contribution in [3.63, 3.8) is 0 Å². The number of hydrogen-bond acceptors (Lipinski definition) is 7. The van der Waals surface area contributed by atoms with Crippen LogP contribution in [0.25, 0.3) is 0 Å². The Labute approximate surface area is 114 Å². The lowest BCUT2D eigenvalue weighted by Gasteiger charge is -2.24. The van der Waals surface area contributed by atoms with Crippen LogP contribution in [0.4, 0.5) is 11.5 Å². The molecule has 9 heteroatoms. The van der Waals surface area contributed by atoms with Crippen LogP contribution in [0.1, 0.15) is 12.1 Å². The van der Waals surface area contributed by atoms with Gasteiger partial charge in [-0.2, -0.15) is 0 Å². The number of nitrogens with zero attached hydrogens (tertiary/aromatic N) is 4. The number of oxime groups is 1. The molecule has 0 bridgehead atoms. The highest BCUT2D eigenvalue weighted by Crippen LogP contribution is 2.23. The maximum absolute atomic E-state index is 10.9. The quantitative estimate of drug-likeness (QED) is 0.267. The fourth-order valence-electron chi connectivity index (χ4n) is 2.04. The third-order valence-electron chi connectivity index (χ3n) is 3.22. The zero-order valence-electron chi connectivity index (χ0n) is 10.9. The molecule has 0 aliphatic carbocycles. The Hall–Kier alpha value is -2.42. The Balaban J connectivity index is 2.38. The van der Waals surface area contributed by atoms with Crippen LogP contribution in [0.5, 0.6) is 0 Å². The van der Waals surface area contributed by atoms with Crippen molar-refractivity contribution in [2.75, 3.05) is 25.2 Å². The summed E-state index contributed by atoms with van der Waals surface area (Å²) in [5, 5.41) is 22.4. The van der Waals surface area contributed by atoms with E-state index in [-0.39, 0.29) is 17.4 Å². The standard InChI is InChI=1S/C11H15N5O4/c1-15(7-4-5-20-6-7)9-3-2-8(16(18)19)10(13-9)11(12)14-17/h2-3,7,17H,4-6H2,1H3,(H2,12,14). The van der Waals surface area contributed by atoms with Gasteiger partial charge in [-0.25, -0.2) is 4.98 Å². The van der Waals surface area contributed by atoms with Crippen molar-refractivity contribution < 1.29 is 14.9 Å². The van der Waals surface area contributed by atoms with Gasteiger partial charge in [0.2, 0.25) is 0 Å². The SMILES string of the molecule is CN(c1ccc([N+](=O)[O-])c(/C(N)=N/O)n1)C1CCOC1. The van der Waals surface area contributed by atoms with Gasteiger partial charge in [0.05, 0.1) is 17.6 Å². The van der Waals surface area contributed by atoms with Gasteiger partial charge in [0.25, 0.3) is 5.69 Å². The number of nitro groups is 1. The smallest absolute Gasteiger partial charge is 0.298 e. The van der Waals surface area contributed by atoms with Crippen molar-refractivity contribution in [1.29, 1.82) is 0 Å². The van der Waals surface area contributed by atoms with Gasteiger partial charge in [0.1, 0.15) is 5.82 Å². The first-order valence-corrected chi connectivity index (χ1v) is 5.98. The Morgan fingerprint density at radius 1 is 1.70 bits per heavy atom. The van der Waals surface area contributed by atoms with E-state index in [0.717, 1.165) is 6.42 Å². The predicted molar refractivity (Wildman–Crippen MR) is 71.0 cm³/mol. The number of rotatable bonds is 4. The molecule has 3 N–H and O–H groups in total. The van der Waals surface area contributed by atoms with Crippen molar-refractivity contribution in [2.45, 2.75) is 12.5 Å². The Bertz CT molecular complexity index is 542. The minimum atomic E-state index is -0.622. The van der Waals surface area contributed by atoms with E-state index in [2.05, 4.69) is 10.1 Å². The van der Waals surface area contributed by atoms with Gasteiger partial charge in [0, 0.05) is 19.7 Å². The van der Waals surface area contributed by atoms with Crippen molar-refractivity contribution in [1.82, 2.24) is 4.98 Å². The van der Waals surface area contributed by atoms with Gasteiger partial charge in [-0.15, -0.1) is 0 Å². The summed E-state index contributed by atoms with van der Waals surface area (Å²) in [6, 6.07) is 2.98. The van der Waals surface area contributed by atoms with Crippen LogP contribution in [-0.4, -0.2) is 47.3 Å². The van der Waals surface area contributed by atoms with Crippen LogP contribution >= 0.6 is 0 Å². The fraction of sp³-hybridized carbons (Fsp3) is 0.455. The zero-order chi connectivity index (χ0) is 14.7. The average Bonchev–Trinajstić information content (AvgIpc) is 2.99. The van der Waals surface area contributed by atoms with Gasteiger partial charge < -0.3 is 20.6 Å². The molecule has 0 saturated carbocycles. The molecule has 1 aromatic rings. The average molecular weight is 281 g/mol. The second-order valence-electron chi connectivity index (χ2n) is 4.41. The molecule has 1 atom stereocenters. The molecule has 0 radical (unpaired) electrons. The van der Waals surface area contributed by atoms with Crippen molar-refractivity contribution in [3.8, 4) is 0 Å². The van der Waals surface area contributed by atoms with E-state index in [0.29, 0.717) is 19.0 Å². The summed E-state index contributed by atoms with van der Waals surface area (Å²) in [5.74, 6) is 0.113. The topological polar surface area (TPSA) is 127 Å². The highest BCUT2D eigenvalue weighted by atomic mass is 16.6. The van der Waals surface area contributed by atoms with Crippen molar-refractivity contribution in [2.24, 2.45) is 10.9 Å². The van der Waals surface area contributed by atoms with Gasteiger partial charge in [-0.05, 0) is 12.5 Å². The lowest BCUT2D eigenvalue weighted by atomic mass is 10.2. The van der Waals surface area contributed by atoms with Crippen LogP contribution in [-0.2, 0) is 4.74 Å². The molecule has 108 valence electrons. The summed E-state index contributed by atoms with van der Waals surface area (Å²) in [6.07, 6.45) is 0.855. The minimum absolute atomic E-state index is 0.152. The first-order chi connectivity index (χ1) is 9.54. The largest absolute Gasteiger partial charge is 0.409 e. The van der Waals surface area contributed by atoms with Crippen LogP contribution in [0.2, 0.25) is 0 Å². The summed E-state index contributed by atoms with van der Waals surface area (Å²) >= 11 is 0. The summed E-state index contributed by atoms with van der Waals surface area (Å²) in [5.41, 5.74) is 4.99. The Kier molecular flexibility index (Phi) is 3.99. The third kappa shape index (κ3) is 2.62. The predicted octanol–water partition coefficient (Wildman–Crippen LogP) is 0.309. The summed E-state index contributed by atoms with van der Waals surface area (Å²) in [4.78, 5) is 16.3. The molecule has 1 unspecified atom stereocenters. The molecule has 1 saturated heterocycles. The van der Waals surface area contributed by atoms with E-state index in [1.807, 2.05) is 11.9 Å². The van der Waals surface area contributed by atoms with E-state index in [1.165, 1.54) is 12.1 Å². The number of aromatic nitrogens is 1. The highest BCUT2D eigenvalue weighted by molar-refractivity contribution is 5.99. The molecule has 0 amide bonds. The molecule has 1 aliphatic heterocycles. The maximum atomic E-state index is 10.9. The van der Waals surface area contributed by atoms with Gasteiger partial charge in [-0.1, -0.05) is 5.16 Å². The van der Waals surface area contributed by atoms with Crippen LogP contribution in [0.3, 0.4) is 0 Å². The number of ether oxygens (including phenoxy) is 1. The molecule has 2 rings (SSSR count). The summed E-state index contributed by atoms with van der Waals surface area (Å²) < 4.78 is 5.29. The zero-order valence-corrected chi connectivity index (χ0v) is 10.9. The lowest BCUT2D eigenvalue weighted by molar-refractivity contribution is -0.385. The van der Waals surface area contributed by atoms with E-state index in [4.69, 9.17) is 15.7 Å². The van der Waals surface area contributed by atoms with E-state index in [9.17, 15) is 10.1 Å². The lowest BCUT2D eigenvalue weighted by Crippen LogP contribution is -2.33. The molecule has 9 nitrogen and oxygen atoms in total. The number of nitrogens with two attached hydrogens (primary N) is 1. The molecule has 20 heavy (non-hydrogen) atoms. The molecular weight excluding hydrogens is 266 g/mol. The minimum Gasteiger partial charge on any atom is -0.409 e. The first-order valence-electron chi connectivity index (χ1n) is 5.98. The normalized spacial score (nSPS) is 19.1. The molecule has 0 spiro atoms. The number of pyridine rings is 1. The summed E-state index contributed by atoms with van der Waals surface area (Å²) in [6.45, 7) is 1.25. The Morgan fingerprint density at radius 3 is 3.00 bits per heavy atom. The summed E-state index contributed by atoms with van der Waals surface area (Å²) in [7, 11) is 1.82. The maximum Gasteiger partial charge on any atom is 0.298 e. The molecule has 1 aromatic heterocycles. The second kappa shape index (κ2) is 5.70. The fourth-order valence-corrected chi connectivity index (χ4v) is 2.04. The number of hydrogen-bond donors (Lipinski definition) is 2. The van der Waals surface area contributed by atoms with E-state index >= 15 is 0 Å². The van der Waals surface area contributed by atoms with Crippen LogP contribution < -0.4 is 10.6 Å². The highest BCUT2D eigenvalue weighted by Gasteiger charge is 2.25. The van der Waals surface area contributed by atoms with E-state index in [1.54, 1.807) is 0 Å². The molecule has 0 aromatic carbocycles. The van der Waals surface area contributed by atoms with E-state index < -0.39 is 10.8 Å². The molecular formula is C11H15N5O4. The monoisotopic (exact) mass is 281 g/mol. The van der Waals surface area contributed by atoms with Gasteiger partial charge in [-0.3, -0.25) is 10.1 Å².